The second-order valence-electron chi connectivity index (χ2n) is 6.07. The molecule has 0 atom stereocenters. The Morgan fingerprint density at radius 2 is 1.90 bits per heavy atom. The lowest BCUT2D eigenvalue weighted by Crippen LogP contribution is -2.23. The molecule has 9 nitrogen and oxygen atoms in total. The first-order valence-corrected chi connectivity index (χ1v) is 10.2. The van der Waals surface area contributed by atoms with E-state index < -0.39 is 20.9 Å². The molecule has 0 saturated carbocycles. The van der Waals surface area contributed by atoms with Crippen LogP contribution in [-0.4, -0.2) is 19.2 Å². The summed E-state index contributed by atoms with van der Waals surface area (Å²) >= 11 is 0. The number of rotatable bonds is 8. The van der Waals surface area contributed by atoms with E-state index in [1.54, 1.807) is 18.2 Å². The van der Waals surface area contributed by atoms with Crippen molar-refractivity contribution in [1.82, 2.24) is 4.72 Å². The summed E-state index contributed by atoms with van der Waals surface area (Å²) in [4.78, 5) is 22.6. The molecule has 3 rings (SSSR count). The van der Waals surface area contributed by atoms with Crippen LogP contribution in [0.15, 0.2) is 82.3 Å². The molecule has 30 heavy (non-hydrogen) atoms. The molecular formula is C20H17N3O6S. The van der Waals surface area contributed by atoms with Crippen LogP contribution in [0.2, 0.25) is 0 Å². The summed E-state index contributed by atoms with van der Waals surface area (Å²) in [5, 5.41) is 13.6. The number of carbonyl (C=O) groups is 1. The quantitative estimate of drug-likeness (QED) is 0.322. The van der Waals surface area contributed by atoms with Gasteiger partial charge >= 0.3 is 0 Å². The van der Waals surface area contributed by atoms with E-state index in [1.165, 1.54) is 54.8 Å². The number of sulfonamides is 1. The number of hydrogen-bond acceptors (Lipinski definition) is 6. The maximum Gasteiger partial charge on any atom is 0.276 e. The number of amides is 1. The van der Waals surface area contributed by atoms with Gasteiger partial charge in [0, 0.05) is 17.8 Å². The summed E-state index contributed by atoms with van der Waals surface area (Å²) in [6.07, 6.45) is 3.90. The fraction of sp³-hybridized carbons (Fsp3) is 0.0500. The molecule has 0 aliphatic rings. The monoisotopic (exact) mass is 427 g/mol. The number of nitro benzene ring substituents is 1. The Labute approximate surface area is 172 Å². The van der Waals surface area contributed by atoms with Crippen LogP contribution in [0.1, 0.15) is 11.3 Å². The van der Waals surface area contributed by atoms with Crippen molar-refractivity contribution in [1.29, 1.82) is 0 Å². The van der Waals surface area contributed by atoms with Gasteiger partial charge in [-0.3, -0.25) is 14.9 Å². The summed E-state index contributed by atoms with van der Waals surface area (Å²) in [7, 11) is -3.82. The maximum atomic E-state index is 12.4. The Balaban J connectivity index is 1.69. The second-order valence-corrected chi connectivity index (χ2v) is 7.84. The number of nitrogens with zero attached hydrogens (tertiary/aromatic N) is 1. The number of nitro groups is 1. The van der Waals surface area contributed by atoms with Crippen LogP contribution in [0.4, 0.5) is 11.4 Å². The molecule has 0 spiro atoms. The molecule has 0 aliphatic heterocycles. The highest BCUT2D eigenvalue weighted by Crippen LogP contribution is 2.19. The largest absolute Gasteiger partial charge is 0.468 e. The summed E-state index contributed by atoms with van der Waals surface area (Å²) in [6.45, 7) is -0.00941. The van der Waals surface area contributed by atoms with Gasteiger partial charge in [-0.2, -0.15) is 0 Å². The third kappa shape index (κ3) is 5.40. The van der Waals surface area contributed by atoms with E-state index in [0.29, 0.717) is 5.76 Å². The van der Waals surface area contributed by atoms with Crippen molar-refractivity contribution in [2.75, 3.05) is 5.32 Å². The number of anilines is 1. The van der Waals surface area contributed by atoms with Gasteiger partial charge in [0.25, 0.3) is 5.69 Å². The first kappa shape index (κ1) is 21.0. The van der Waals surface area contributed by atoms with Gasteiger partial charge in [-0.25, -0.2) is 13.1 Å². The van der Waals surface area contributed by atoms with Crippen molar-refractivity contribution in [2.24, 2.45) is 0 Å². The molecule has 2 N–H and O–H groups in total. The van der Waals surface area contributed by atoms with E-state index in [0.717, 1.165) is 6.08 Å². The van der Waals surface area contributed by atoms with Gasteiger partial charge in [-0.05, 0) is 42.5 Å². The molecule has 0 aliphatic carbocycles. The van der Waals surface area contributed by atoms with Crippen molar-refractivity contribution < 1.29 is 22.6 Å². The molecule has 1 amide bonds. The second kappa shape index (κ2) is 9.16. The van der Waals surface area contributed by atoms with Gasteiger partial charge in [0.1, 0.15) is 5.76 Å². The molecule has 3 aromatic rings. The molecule has 0 radical (unpaired) electrons. The normalized spacial score (nSPS) is 11.5. The van der Waals surface area contributed by atoms with Crippen LogP contribution in [-0.2, 0) is 21.4 Å². The number of para-hydroxylation sites is 1. The topological polar surface area (TPSA) is 132 Å². The van der Waals surface area contributed by atoms with Crippen LogP contribution >= 0.6 is 0 Å². The standard InChI is InChI=1S/C20H17N3O6S/c24-20(11-10-15-5-1-2-9-19(15)23(25)26)22-16-6-3-8-18(13-16)30(27,28)21-14-17-7-4-12-29-17/h1-13,21H,14H2,(H,22,24). The fourth-order valence-corrected chi connectivity index (χ4v) is 3.59. The highest BCUT2D eigenvalue weighted by Gasteiger charge is 2.15. The van der Waals surface area contributed by atoms with Crippen molar-refractivity contribution in [3.05, 3.63) is 94.4 Å². The smallest absolute Gasteiger partial charge is 0.276 e. The Morgan fingerprint density at radius 1 is 1.10 bits per heavy atom. The van der Waals surface area contributed by atoms with E-state index in [4.69, 9.17) is 4.42 Å². The number of furan rings is 1. The first-order chi connectivity index (χ1) is 14.3. The molecule has 0 fully saturated rings. The predicted octanol–water partition coefficient (Wildman–Crippen LogP) is 3.32. The minimum atomic E-state index is -3.82. The number of carbonyl (C=O) groups excluding carboxylic acids is 1. The molecule has 0 saturated heterocycles. The fourth-order valence-electron chi connectivity index (χ4n) is 2.55. The van der Waals surface area contributed by atoms with Gasteiger partial charge in [0.2, 0.25) is 15.9 Å². The molecule has 1 heterocycles. The average Bonchev–Trinajstić information content (AvgIpc) is 3.25. The van der Waals surface area contributed by atoms with Crippen LogP contribution < -0.4 is 10.0 Å². The lowest BCUT2D eigenvalue weighted by atomic mass is 10.1. The average molecular weight is 427 g/mol. The molecule has 0 bridgehead atoms. The molecule has 0 unspecified atom stereocenters. The zero-order valence-electron chi connectivity index (χ0n) is 15.5. The molecule has 2 aromatic carbocycles. The SMILES string of the molecule is O=C(C=Cc1ccccc1[N+](=O)[O-])Nc1cccc(S(=O)(=O)NCc2ccco2)c1. The van der Waals surface area contributed by atoms with E-state index in [-0.39, 0.29) is 28.4 Å². The van der Waals surface area contributed by atoms with Gasteiger partial charge in [-0.1, -0.05) is 18.2 Å². The minimum absolute atomic E-state index is 0.00941. The Bertz CT molecular complexity index is 1190. The predicted molar refractivity (Wildman–Crippen MR) is 110 cm³/mol. The van der Waals surface area contributed by atoms with E-state index in [2.05, 4.69) is 10.0 Å². The Kier molecular flexibility index (Phi) is 6.40. The zero-order chi connectivity index (χ0) is 21.6. The maximum absolute atomic E-state index is 12.4. The molecular weight excluding hydrogens is 410 g/mol. The lowest BCUT2D eigenvalue weighted by molar-refractivity contribution is -0.385. The van der Waals surface area contributed by atoms with Crippen molar-refractivity contribution in [3.8, 4) is 0 Å². The van der Waals surface area contributed by atoms with E-state index in [1.807, 2.05) is 0 Å². The van der Waals surface area contributed by atoms with Crippen molar-refractivity contribution in [3.63, 3.8) is 0 Å². The number of benzene rings is 2. The zero-order valence-corrected chi connectivity index (χ0v) is 16.3. The highest BCUT2D eigenvalue weighted by molar-refractivity contribution is 7.89. The van der Waals surface area contributed by atoms with Crippen LogP contribution in [0.3, 0.4) is 0 Å². The van der Waals surface area contributed by atoms with Crippen LogP contribution in [0.5, 0.6) is 0 Å². The van der Waals surface area contributed by atoms with Crippen LogP contribution in [0.25, 0.3) is 6.08 Å². The number of nitrogens with one attached hydrogen (secondary N) is 2. The number of hydrogen-bond donors (Lipinski definition) is 2. The lowest BCUT2D eigenvalue weighted by Gasteiger charge is -2.08. The Morgan fingerprint density at radius 3 is 2.63 bits per heavy atom. The van der Waals surface area contributed by atoms with Crippen LogP contribution in [0, 0.1) is 10.1 Å². The van der Waals surface area contributed by atoms with Gasteiger partial charge < -0.3 is 9.73 Å². The van der Waals surface area contributed by atoms with E-state index in [9.17, 15) is 23.3 Å². The molecule has 154 valence electrons. The van der Waals surface area contributed by atoms with E-state index >= 15 is 0 Å². The van der Waals surface area contributed by atoms with Gasteiger partial charge in [0.05, 0.1) is 28.2 Å². The first-order valence-electron chi connectivity index (χ1n) is 8.70. The van der Waals surface area contributed by atoms with Gasteiger partial charge in [0.15, 0.2) is 0 Å². The summed E-state index contributed by atoms with van der Waals surface area (Å²) in [5.74, 6) is -0.102. The third-order valence-corrected chi connectivity index (χ3v) is 5.38. The minimum Gasteiger partial charge on any atom is -0.468 e. The summed E-state index contributed by atoms with van der Waals surface area (Å²) in [5.41, 5.74) is 0.404. The summed E-state index contributed by atoms with van der Waals surface area (Å²) in [6, 6.07) is 15.0. The Hall–Kier alpha value is -3.76. The van der Waals surface area contributed by atoms with Crippen molar-refractivity contribution in [2.45, 2.75) is 11.4 Å². The molecule has 1 aromatic heterocycles. The molecule has 10 heteroatoms. The van der Waals surface area contributed by atoms with Gasteiger partial charge in [-0.15, -0.1) is 0 Å². The summed E-state index contributed by atoms with van der Waals surface area (Å²) < 4.78 is 32.4. The third-order valence-electron chi connectivity index (χ3n) is 3.98. The van der Waals surface area contributed by atoms with Crippen molar-refractivity contribution >= 4 is 33.4 Å². The highest BCUT2D eigenvalue weighted by atomic mass is 32.2.